The summed E-state index contributed by atoms with van der Waals surface area (Å²) in [7, 11) is 0. The Bertz CT molecular complexity index is 1100. The number of carbonyl (C=O) groups excluding carboxylic acids is 1. The molecule has 7 heteroatoms. The molecule has 0 amide bonds. The van der Waals surface area contributed by atoms with Crippen molar-refractivity contribution in [2.75, 3.05) is 6.79 Å². The summed E-state index contributed by atoms with van der Waals surface area (Å²) in [6.45, 7) is 0.163. The van der Waals surface area contributed by atoms with Crippen molar-refractivity contribution in [1.29, 1.82) is 0 Å². The molecule has 0 saturated heterocycles. The van der Waals surface area contributed by atoms with Crippen LogP contribution in [0, 0.1) is 5.82 Å². The summed E-state index contributed by atoms with van der Waals surface area (Å²) in [5.74, 6) is 0.520. The van der Waals surface area contributed by atoms with E-state index in [-0.39, 0.29) is 20.0 Å². The molecule has 0 aromatic heterocycles. The summed E-state index contributed by atoms with van der Waals surface area (Å²) in [6, 6.07) is 16.9. The van der Waals surface area contributed by atoms with Crippen LogP contribution in [0.25, 0.3) is 0 Å². The van der Waals surface area contributed by atoms with E-state index in [0.717, 1.165) is 5.56 Å². The quantitative estimate of drug-likeness (QED) is 0.592. The van der Waals surface area contributed by atoms with E-state index in [1.54, 1.807) is 18.2 Å². The zero-order valence-electron chi connectivity index (χ0n) is 15.8. The highest BCUT2D eigenvalue weighted by Gasteiger charge is 2.26. The van der Waals surface area contributed by atoms with Crippen LogP contribution in [0.1, 0.15) is 33.3 Å². The van der Waals surface area contributed by atoms with Gasteiger partial charge in [0.15, 0.2) is 11.5 Å². The second kappa shape index (κ2) is 7.68. The number of hydrogen-bond donors (Lipinski definition) is 0. The van der Waals surface area contributed by atoms with Crippen molar-refractivity contribution in [3.05, 3.63) is 88.7 Å². The molecule has 0 radical (unpaired) electrons. The van der Waals surface area contributed by atoms with Gasteiger partial charge in [-0.25, -0.2) is 9.18 Å². The second-order valence-corrected chi connectivity index (χ2v) is 6.87. The molecule has 30 heavy (non-hydrogen) atoms. The smallest absolute Gasteiger partial charge is 0.338 e. The van der Waals surface area contributed by atoms with E-state index >= 15 is 0 Å². The van der Waals surface area contributed by atoms with Crippen molar-refractivity contribution in [3.63, 3.8) is 0 Å². The van der Waals surface area contributed by atoms with Gasteiger partial charge in [0.05, 0.1) is 12.2 Å². The first-order valence-electron chi connectivity index (χ1n) is 9.38. The lowest BCUT2D eigenvalue weighted by atomic mass is 10.1. The summed E-state index contributed by atoms with van der Waals surface area (Å²) in [6.07, 6.45) is -0.618. The number of ether oxygens (including phenoxy) is 5. The molecule has 0 fully saturated rings. The average molecular weight is 408 g/mol. The number of halogens is 1. The number of hydrogen-bond acceptors (Lipinski definition) is 6. The molecule has 0 spiro atoms. The lowest BCUT2D eigenvalue weighted by Crippen LogP contribution is -2.20. The fourth-order valence-electron chi connectivity index (χ4n) is 3.41. The minimum atomic E-state index is -0.618. The van der Waals surface area contributed by atoms with Crippen molar-refractivity contribution in [2.24, 2.45) is 0 Å². The van der Waals surface area contributed by atoms with Crippen molar-refractivity contribution >= 4 is 5.97 Å². The molecule has 0 N–H and O–H groups in total. The van der Waals surface area contributed by atoms with Crippen LogP contribution in [0.15, 0.2) is 60.7 Å². The van der Waals surface area contributed by atoms with Gasteiger partial charge in [0.1, 0.15) is 18.2 Å². The van der Waals surface area contributed by atoms with Crippen LogP contribution in [0.4, 0.5) is 4.39 Å². The summed E-state index contributed by atoms with van der Waals surface area (Å²) in [5, 5.41) is 0. The maximum Gasteiger partial charge on any atom is 0.338 e. The van der Waals surface area contributed by atoms with Gasteiger partial charge in [0, 0.05) is 16.7 Å². The topological polar surface area (TPSA) is 63.2 Å². The number of carbonyl (C=O) groups is 1. The summed E-state index contributed by atoms with van der Waals surface area (Å²) in [4.78, 5) is 12.5. The molecule has 2 aliphatic heterocycles. The maximum absolute atomic E-state index is 14.1. The minimum Gasteiger partial charge on any atom is -0.460 e. The van der Waals surface area contributed by atoms with Gasteiger partial charge in [-0.2, -0.15) is 0 Å². The molecule has 0 aliphatic carbocycles. The maximum atomic E-state index is 14.1. The summed E-state index contributed by atoms with van der Waals surface area (Å²) in [5.41, 5.74) is 2.16. The van der Waals surface area contributed by atoms with Crippen LogP contribution in [0.3, 0.4) is 0 Å². The average Bonchev–Trinajstić information content (AvgIpc) is 3.25. The first kappa shape index (κ1) is 18.4. The highest BCUT2D eigenvalue weighted by Crippen LogP contribution is 2.37. The Hall–Kier alpha value is -3.58. The Morgan fingerprint density at radius 2 is 1.87 bits per heavy atom. The monoisotopic (exact) mass is 408 g/mol. The lowest BCUT2D eigenvalue weighted by Gasteiger charge is -2.28. The fraction of sp³-hybridized carbons (Fsp3) is 0.174. The molecule has 152 valence electrons. The van der Waals surface area contributed by atoms with Crippen molar-refractivity contribution in [3.8, 4) is 17.2 Å². The van der Waals surface area contributed by atoms with Crippen LogP contribution in [-0.2, 0) is 22.7 Å². The Morgan fingerprint density at radius 1 is 1.03 bits per heavy atom. The molecular weight excluding hydrogens is 391 g/mol. The first-order valence-corrected chi connectivity index (χ1v) is 9.38. The third kappa shape index (κ3) is 3.55. The van der Waals surface area contributed by atoms with Gasteiger partial charge >= 0.3 is 5.97 Å². The van der Waals surface area contributed by atoms with Crippen LogP contribution < -0.4 is 14.2 Å². The van der Waals surface area contributed by atoms with Gasteiger partial charge in [0.2, 0.25) is 13.1 Å². The molecule has 0 saturated carbocycles. The van der Waals surface area contributed by atoms with Gasteiger partial charge in [0.25, 0.3) is 0 Å². The van der Waals surface area contributed by atoms with Crippen LogP contribution in [0.2, 0.25) is 0 Å². The molecule has 0 bridgehead atoms. The lowest BCUT2D eigenvalue weighted by molar-refractivity contribution is -0.112. The Morgan fingerprint density at radius 3 is 2.73 bits per heavy atom. The normalized spacial score (nSPS) is 16.5. The molecule has 3 aromatic carbocycles. The third-order valence-electron chi connectivity index (χ3n) is 4.86. The van der Waals surface area contributed by atoms with E-state index in [4.69, 9.17) is 23.7 Å². The summed E-state index contributed by atoms with van der Waals surface area (Å²) >= 11 is 0. The number of fused-ring (bicyclic) bond motifs is 2. The van der Waals surface area contributed by atoms with Crippen LogP contribution in [0.5, 0.6) is 17.2 Å². The van der Waals surface area contributed by atoms with E-state index < -0.39 is 18.1 Å². The number of esters is 1. The molecule has 6 nitrogen and oxygen atoms in total. The van der Waals surface area contributed by atoms with Gasteiger partial charge in [-0.15, -0.1) is 0 Å². The van der Waals surface area contributed by atoms with Gasteiger partial charge < -0.3 is 23.7 Å². The first-order chi connectivity index (χ1) is 14.7. The van der Waals surface area contributed by atoms with E-state index in [9.17, 15) is 9.18 Å². The highest BCUT2D eigenvalue weighted by atomic mass is 19.1. The summed E-state index contributed by atoms with van der Waals surface area (Å²) < 4.78 is 41.7. The van der Waals surface area contributed by atoms with E-state index in [0.29, 0.717) is 33.9 Å². The Balaban J connectivity index is 1.35. The predicted molar refractivity (Wildman–Crippen MR) is 103 cm³/mol. The van der Waals surface area contributed by atoms with E-state index in [1.165, 1.54) is 12.1 Å². The number of rotatable bonds is 4. The van der Waals surface area contributed by atoms with Gasteiger partial charge in [-0.1, -0.05) is 30.3 Å². The highest BCUT2D eigenvalue weighted by molar-refractivity contribution is 5.90. The van der Waals surface area contributed by atoms with E-state index in [1.807, 2.05) is 30.3 Å². The molecular formula is C23H17FO6. The second-order valence-electron chi connectivity index (χ2n) is 6.87. The predicted octanol–water partition coefficient (Wildman–Crippen LogP) is 4.52. The molecule has 2 heterocycles. The molecule has 2 aliphatic rings. The molecule has 0 unspecified atom stereocenters. The van der Waals surface area contributed by atoms with Crippen molar-refractivity contribution in [2.45, 2.75) is 19.5 Å². The van der Waals surface area contributed by atoms with Gasteiger partial charge in [-0.05, 0) is 30.3 Å². The third-order valence-corrected chi connectivity index (χ3v) is 4.86. The zero-order valence-corrected chi connectivity index (χ0v) is 15.8. The zero-order chi connectivity index (χ0) is 20.5. The van der Waals surface area contributed by atoms with Crippen molar-refractivity contribution in [1.82, 2.24) is 0 Å². The Labute approximate surface area is 171 Å². The molecule has 3 aromatic rings. The molecule has 5 rings (SSSR count). The minimum absolute atomic E-state index is 0.116. The van der Waals surface area contributed by atoms with Crippen LogP contribution in [-0.4, -0.2) is 12.8 Å². The standard InChI is InChI=1S/C23H17FO6/c24-18-8-16(11-26-22(25)15-6-7-19-20(10-15)29-13-28-19)21-17(9-18)12-27-23(30-21)14-4-2-1-3-5-14/h1-10,23H,11-13H2/t23-/m1/s1. The van der Waals surface area contributed by atoms with Gasteiger partial charge in [-0.3, -0.25) is 0 Å². The number of benzene rings is 3. The SMILES string of the molecule is O=C(OCc1cc(F)cc2c1O[C@H](c1ccccc1)OC2)c1ccc2c(c1)OCO2. The van der Waals surface area contributed by atoms with E-state index in [2.05, 4.69) is 0 Å². The van der Waals surface area contributed by atoms with Crippen LogP contribution >= 0.6 is 0 Å². The van der Waals surface area contributed by atoms with Crippen molar-refractivity contribution < 1.29 is 32.9 Å². The molecule has 1 atom stereocenters. The largest absolute Gasteiger partial charge is 0.460 e. The Kier molecular flexibility index (Phi) is 4.72. The fourth-order valence-corrected chi connectivity index (χ4v) is 3.41.